The normalized spacial score (nSPS) is 39.8. The van der Waals surface area contributed by atoms with Crippen LogP contribution in [-0.2, 0) is 4.74 Å². The molecule has 0 spiro atoms. The SMILES string of the molecule is C[C@@H]1C[C@H](C)OC[Se]1. The van der Waals surface area contributed by atoms with Crippen molar-refractivity contribution < 1.29 is 4.74 Å². The van der Waals surface area contributed by atoms with Crippen molar-refractivity contribution in [1.82, 2.24) is 0 Å². The van der Waals surface area contributed by atoms with Gasteiger partial charge >= 0.3 is 56.4 Å². The van der Waals surface area contributed by atoms with E-state index in [1.807, 2.05) is 0 Å². The van der Waals surface area contributed by atoms with E-state index < -0.39 is 0 Å². The Morgan fingerprint density at radius 1 is 1.50 bits per heavy atom. The molecule has 2 heteroatoms. The fourth-order valence-electron chi connectivity index (χ4n) is 0.875. The van der Waals surface area contributed by atoms with Crippen molar-refractivity contribution in [2.75, 3.05) is 5.51 Å². The molecule has 1 nitrogen and oxygen atoms in total. The molecule has 1 aliphatic rings. The maximum absolute atomic E-state index is 5.38. The minimum atomic E-state index is 0.528. The summed E-state index contributed by atoms with van der Waals surface area (Å²) < 4.78 is 5.38. The van der Waals surface area contributed by atoms with Crippen molar-refractivity contribution in [2.24, 2.45) is 0 Å². The van der Waals surface area contributed by atoms with Gasteiger partial charge in [-0.25, -0.2) is 0 Å². The van der Waals surface area contributed by atoms with Crippen LogP contribution in [0.2, 0.25) is 4.82 Å². The monoisotopic (exact) mass is 180 g/mol. The van der Waals surface area contributed by atoms with Crippen molar-refractivity contribution in [3.05, 3.63) is 0 Å². The molecular formula is C6H12OSe. The van der Waals surface area contributed by atoms with Crippen molar-refractivity contribution in [3.63, 3.8) is 0 Å². The van der Waals surface area contributed by atoms with Crippen LogP contribution in [0.1, 0.15) is 20.3 Å². The van der Waals surface area contributed by atoms with Crippen LogP contribution in [0, 0.1) is 0 Å². The zero-order valence-electron chi connectivity index (χ0n) is 5.39. The summed E-state index contributed by atoms with van der Waals surface area (Å²) in [6.07, 6.45) is 1.81. The molecule has 1 heterocycles. The molecule has 0 unspecified atom stereocenters. The quantitative estimate of drug-likeness (QED) is 0.509. The van der Waals surface area contributed by atoms with Gasteiger partial charge in [0.2, 0.25) is 0 Å². The molecule has 1 rings (SSSR count). The molecule has 48 valence electrons. The molecule has 0 aliphatic carbocycles. The summed E-state index contributed by atoms with van der Waals surface area (Å²) in [6, 6.07) is 0. The first-order chi connectivity index (χ1) is 3.79. The number of rotatable bonds is 0. The van der Waals surface area contributed by atoms with Crippen LogP contribution in [-0.4, -0.2) is 26.6 Å². The fraction of sp³-hybridized carbons (Fsp3) is 1.00. The molecule has 0 aromatic carbocycles. The first-order valence-electron chi connectivity index (χ1n) is 3.02. The summed E-state index contributed by atoms with van der Waals surface area (Å²) in [5, 5.41) is 0. The molecule has 0 aromatic rings. The molecule has 0 N–H and O–H groups in total. The molecule has 0 saturated carbocycles. The standard InChI is InChI=1S/C6H12OSe/c1-5-3-6(2)8-4-7-5/h5-6H,3-4H2,1-2H3/t5-,6+/m0/s1. The second-order valence-electron chi connectivity index (χ2n) is 2.31. The van der Waals surface area contributed by atoms with Crippen molar-refractivity contribution in [3.8, 4) is 0 Å². The average molecular weight is 179 g/mol. The third-order valence-corrected chi connectivity index (χ3v) is 3.54. The molecule has 0 aromatic heterocycles. The molecule has 0 radical (unpaired) electrons. The van der Waals surface area contributed by atoms with Gasteiger partial charge in [-0.3, -0.25) is 0 Å². The molecule has 1 fully saturated rings. The Bertz CT molecular complexity index is 66.9. The van der Waals surface area contributed by atoms with E-state index in [4.69, 9.17) is 4.74 Å². The molecule has 8 heavy (non-hydrogen) atoms. The average Bonchev–Trinajstić information content (AvgIpc) is 1.64. The summed E-state index contributed by atoms with van der Waals surface area (Å²) in [5.74, 6) is 0. The van der Waals surface area contributed by atoms with E-state index in [1.54, 1.807) is 0 Å². The maximum atomic E-state index is 5.38. The van der Waals surface area contributed by atoms with Crippen molar-refractivity contribution in [2.45, 2.75) is 31.2 Å². The first kappa shape index (κ1) is 6.60. The van der Waals surface area contributed by atoms with Gasteiger partial charge in [0.05, 0.1) is 0 Å². The molecular weight excluding hydrogens is 167 g/mol. The Morgan fingerprint density at radius 3 is 2.62 bits per heavy atom. The number of ether oxygens (including phenoxy) is 1. The van der Waals surface area contributed by atoms with Gasteiger partial charge in [0, 0.05) is 0 Å². The summed E-state index contributed by atoms with van der Waals surface area (Å²) in [6.45, 7) is 4.48. The Balaban J connectivity index is 2.23. The summed E-state index contributed by atoms with van der Waals surface area (Å²) in [7, 11) is 0. The van der Waals surface area contributed by atoms with E-state index >= 15 is 0 Å². The van der Waals surface area contributed by atoms with Gasteiger partial charge in [-0.1, -0.05) is 0 Å². The topological polar surface area (TPSA) is 9.23 Å². The molecule has 1 saturated heterocycles. The van der Waals surface area contributed by atoms with Crippen molar-refractivity contribution in [1.29, 1.82) is 0 Å². The number of hydrogen-bond donors (Lipinski definition) is 0. The third kappa shape index (κ3) is 1.77. The molecule has 1 aliphatic heterocycles. The zero-order chi connectivity index (χ0) is 5.98. The van der Waals surface area contributed by atoms with E-state index in [2.05, 4.69) is 13.8 Å². The zero-order valence-corrected chi connectivity index (χ0v) is 7.10. The van der Waals surface area contributed by atoms with Crippen LogP contribution in [0.25, 0.3) is 0 Å². The van der Waals surface area contributed by atoms with Gasteiger partial charge in [0.25, 0.3) is 0 Å². The van der Waals surface area contributed by atoms with E-state index in [1.165, 1.54) is 6.42 Å². The van der Waals surface area contributed by atoms with Gasteiger partial charge in [0.1, 0.15) is 0 Å². The van der Waals surface area contributed by atoms with E-state index in [-0.39, 0.29) is 0 Å². The molecule has 0 amide bonds. The van der Waals surface area contributed by atoms with E-state index in [9.17, 15) is 0 Å². The van der Waals surface area contributed by atoms with Crippen molar-refractivity contribution >= 4 is 15.0 Å². The Morgan fingerprint density at radius 2 is 2.25 bits per heavy atom. The van der Waals surface area contributed by atoms with Crippen LogP contribution < -0.4 is 0 Å². The Labute approximate surface area is 57.0 Å². The second-order valence-corrected chi connectivity index (χ2v) is 5.19. The summed E-state index contributed by atoms with van der Waals surface area (Å²) in [5.41, 5.74) is 1.04. The first-order valence-corrected chi connectivity index (χ1v) is 5.22. The van der Waals surface area contributed by atoms with E-state index in [0.29, 0.717) is 6.10 Å². The summed E-state index contributed by atoms with van der Waals surface area (Å²) >= 11 is 0.770. The fourth-order valence-corrected chi connectivity index (χ4v) is 2.87. The van der Waals surface area contributed by atoms with Gasteiger partial charge in [-0.15, -0.1) is 0 Å². The molecule has 2 atom stereocenters. The van der Waals surface area contributed by atoms with Gasteiger partial charge in [-0.2, -0.15) is 0 Å². The predicted octanol–water partition coefficient (Wildman–Crippen LogP) is 1.27. The Hall–Kier alpha value is 0.479. The molecule has 0 bridgehead atoms. The van der Waals surface area contributed by atoms with Crippen LogP contribution in [0.5, 0.6) is 0 Å². The number of hydrogen-bond acceptors (Lipinski definition) is 1. The van der Waals surface area contributed by atoms with Crippen LogP contribution in [0.15, 0.2) is 0 Å². The minimum absolute atomic E-state index is 0.528. The van der Waals surface area contributed by atoms with Crippen LogP contribution in [0.3, 0.4) is 0 Å². The van der Waals surface area contributed by atoms with Gasteiger partial charge < -0.3 is 0 Å². The van der Waals surface area contributed by atoms with Crippen LogP contribution in [0.4, 0.5) is 0 Å². The van der Waals surface area contributed by atoms with Gasteiger partial charge in [-0.05, 0) is 0 Å². The Kier molecular flexibility index (Phi) is 2.36. The third-order valence-electron chi connectivity index (χ3n) is 1.37. The van der Waals surface area contributed by atoms with Crippen LogP contribution >= 0.6 is 0 Å². The second kappa shape index (κ2) is 2.86. The predicted molar refractivity (Wildman–Crippen MR) is 35.2 cm³/mol. The van der Waals surface area contributed by atoms with E-state index in [0.717, 1.165) is 25.3 Å². The van der Waals surface area contributed by atoms with Gasteiger partial charge in [0.15, 0.2) is 0 Å². The summed E-state index contributed by atoms with van der Waals surface area (Å²) in [4.78, 5) is 0.950.